The van der Waals surface area contributed by atoms with Crippen molar-refractivity contribution in [1.29, 1.82) is 5.26 Å². The summed E-state index contributed by atoms with van der Waals surface area (Å²) in [6.45, 7) is 8.09. The summed E-state index contributed by atoms with van der Waals surface area (Å²) in [7, 11) is 0. The van der Waals surface area contributed by atoms with E-state index in [-0.39, 0.29) is 0 Å². The molecule has 0 radical (unpaired) electrons. The zero-order valence-electron chi connectivity index (χ0n) is 13.2. The molecule has 1 aliphatic heterocycles. The molecule has 0 saturated heterocycles. The lowest BCUT2D eigenvalue weighted by Gasteiger charge is -2.21. The lowest BCUT2D eigenvalue weighted by Crippen LogP contribution is -2.25. The van der Waals surface area contributed by atoms with Crippen molar-refractivity contribution in [3.63, 3.8) is 0 Å². The lowest BCUT2D eigenvalue weighted by atomic mass is 10.0. The Labute approximate surface area is 131 Å². The molecule has 5 nitrogen and oxygen atoms in total. The Hall–Kier alpha value is -2.06. The van der Waals surface area contributed by atoms with Crippen LogP contribution in [-0.4, -0.2) is 27.8 Å². The third-order valence-electron chi connectivity index (χ3n) is 4.33. The molecule has 0 amide bonds. The van der Waals surface area contributed by atoms with Gasteiger partial charge in [-0.15, -0.1) is 0 Å². The monoisotopic (exact) mass is 298 g/mol. The quantitative estimate of drug-likeness (QED) is 0.870. The van der Waals surface area contributed by atoms with Crippen LogP contribution in [0.2, 0.25) is 0 Å². The number of nitrogens with zero attached hydrogens (tertiary/aromatic N) is 4. The fourth-order valence-electron chi connectivity index (χ4n) is 3.01. The molecule has 2 aromatic heterocycles. The highest BCUT2D eigenvalue weighted by Gasteiger charge is 2.18. The predicted octanol–water partition coefficient (Wildman–Crippen LogP) is 3.06. The molecular weight excluding hydrogens is 276 g/mol. The first-order chi connectivity index (χ1) is 10.7. The smallest absolute Gasteiger partial charge is 0.162 e. The second-order valence-corrected chi connectivity index (χ2v) is 6.12. The highest BCUT2D eigenvalue weighted by atomic mass is 16.3. The molecule has 1 atom stereocenters. The summed E-state index contributed by atoms with van der Waals surface area (Å²) < 4.78 is 7.70. The number of nitriles is 1. The standard InChI is InChI=1S/C17H22N4O/c1-13(17-5-4-14(2)22-17)6-9-20-7-3-8-21-16(12-20)10-15(11-18)19-21/h4-5,10,13H,3,6-9,12H2,1-2H3/t13-/m0/s1. The van der Waals surface area contributed by atoms with Crippen molar-refractivity contribution in [2.24, 2.45) is 0 Å². The first-order valence-electron chi connectivity index (χ1n) is 7.91. The number of rotatable bonds is 4. The van der Waals surface area contributed by atoms with Crippen LogP contribution in [-0.2, 0) is 13.1 Å². The van der Waals surface area contributed by atoms with Gasteiger partial charge >= 0.3 is 0 Å². The average Bonchev–Trinajstić information content (AvgIpc) is 3.06. The maximum absolute atomic E-state index is 8.98. The minimum atomic E-state index is 0.427. The molecule has 0 bridgehead atoms. The van der Waals surface area contributed by atoms with E-state index in [4.69, 9.17) is 9.68 Å². The molecule has 2 aromatic rings. The van der Waals surface area contributed by atoms with Gasteiger partial charge in [-0.05, 0) is 44.5 Å². The molecule has 0 spiro atoms. The van der Waals surface area contributed by atoms with E-state index in [0.717, 1.165) is 56.2 Å². The summed E-state index contributed by atoms with van der Waals surface area (Å²) in [6.07, 6.45) is 2.15. The van der Waals surface area contributed by atoms with Gasteiger partial charge in [-0.25, -0.2) is 0 Å². The second-order valence-electron chi connectivity index (χ2n) is 6.12. The molecule has 3 rings (SSSR count). The molecule has 0 unspecified atom stereocenters. The number of hydrogen-bond acceptors (Lipinski definition) is 4. The molecule has 116 valence electrons. The average molecular weight is 298 g/mol. The molecule has 3 heterocycles. The van der Waals surface area contributed by atoms with E-state index >= 15 is 0 Å². The SMILES string of the molecule is Cc1ccc([C@@H](C)CCN2CCCn3nc(C#N)cc3C2)o1. The zero-order chi connectivity index (χ0) is 15.5. The van der Waals surface area contributed by atoms with Gasteiger partial charge < -0.3 is 4.42 Å². The van der Waals surface area contributed by atoms with Crippen LogP contribution in [0, 0.1) is 18.3 Å². The van der Waals surface area contributed by atoms with Crippen molar-refractivity contribution in [3.05, 3.63) is 41.1 Å². The van der Waals surface area contributed by atoms with Gasteiger partial charge in [0, 0.05) is 25.6 Å². The van der Waals surface area contributed by atoms with E-state index in [0.29, 0.717) is 11.6 Å². The van der Waals surface area contributed by atoms with E-state index in [1.165, 1.54) is 0 Å². The summed E-state index contributed by atoms with van der Waals surface area (Å²) >= 11 is 0. The summed E-state index contributed by atoms with van der Waals surface area (Å²) in [5.74, 6) is 2.48. The van der Waals surface area contributed by atoms with Crippen LogP contribution < -0.4 is 0 Å². The van der Waals surface area contributed by atoms with Gasteiger partial charge in [0.05, 0.1) is 5.69 Å². The Bertz CT molecular complexity index is 679. The number of aryl methyl sites for hydroxylation is 2. The van der Waals surface area contributed by atoms with Gasteiger partial charge in [-0.2, -0.15) is 10.4 Å². The van der Waals surface area contributed by atoms with Crippen LogP contribution >= 0.6 is 0 Å². The highest BCUT2D eigenvalue weighted by molar-refractivity contribution is 5.22. The maximum atomic E-state index is 8.98. The van der Waals surface area contributed by atoms with Crippen molar-refractivity contribution < 1.29 is 4.42 Å². The number of furan rings is 1. The van der Waals surface area contributed by atoms with Gasteiger partial charge in [-0.3, -0.25) is 9.58 Å². The van der Waals surface area contributed by atoms with Crippen molar-refractivity contribution in [1.82, 2.24) is 14.7 Å². The van der Waals surface area contributed by atoms with Crippen molar-refractivity contribution in [2.75, 3.05) is 13.1 Å². The molecule has 0 aromatic carbocycles. The first kappa shape index (κ1) is 14.9. The third-order valence-corrected chi connectivity index (χ3v) is 4.33. The van der Waals surface area contributed by atoms with Crippen molar-refractivity contribution >= 4 is 0 Å². The van der Waals surface area contributed by atoms with E-state index in [1.807, 2.05) is 23.7 Å². The number of fused-ring (bicyclic) bond motifs is 1. The van der Waals surface area contributed by atoms with E-state index in [2.05, 4.69) is 29.1 Å². The molecule has 0 N–H and O–H groups in total. The zero-order valence-corrected chi connectivity index (χ0v) is 13.2. The van der Waals surface area contributed by atoms with E-state index < -0.39 is 0 Å². The number of hydrogen-bond donors (Lipinski definition) is 0. The highest BCUT2D eigenvalue weighted by Crippen LogP contribution is 2.22. The maximum Gasteiger partial charge on any atom is 0.162 e. The summed E-state index contributed by atoms with van der Waals surface area (Å²) in [5, 5.41) is 13.3. The van der Waals surface area contributed by atoms with Crippen molar-refractivity contribution in [2.45, 2.75) is 45.7 Å². The summed E-state index contributed by atoms with van der Waals surface area (Å²) in [6, 6.07) is 8.15. The molecule has 0 saturated carbocycles. The molecule has 22 heavy (non-hydrogen) atoms. The molecule has 0 aliphatic carbocycles. The predicted molar refractivity (Wildman–Crippen MR) is 83.3 cm³/mol. The molecular formula is C17H22N4O. The normalized spacial score (nSPS) is 16.8. The Balaban J connectivity index is 1.60. The van der Waals surface area contributed by atoms with E-state index in [9.17, 15) is 0 Å². The van der Waals surface area contributed by atoms with Crippen LogP contribution in [0.1, 0.15) is 48.6 Å². The lowest BCUT2D eigenvalue weighted by molar-refractivity contribution is 0.255. The molecule has 0 fully saturated rings. The van der Waals surface area contributed by atoms with Gasteiger partial charge in [0.25, 0.3) is 0 Å². The van der Waals surface area contributed by atoms with Gasteiger partial charge in [-0.1, -0.05) is 6.92 Å². The largest absolute Gasteiger partial charge is 0.466 e. The second kappa shape index (κ2) is 6.37. The molecule has 5 heteroatoms. The van der Waals surface area contributed by atoms with Gasteiger partial charge in [0.1, 0.15) is 17.6 Å². The van der Waals surface area contributed by atoms with Crippen LogP contribution in [0.15, 0.2) is 22.6 Å². The molecule has 1 aliphatic rings. The van der Waals surface area contributed by atoms with Gasteiger partial charge in [0.2, 0.25) is 0 Å². The summed E-state index contributed by atoms with van der Waals surface area (Å²) in [4.78, 5) is 2.45. The fourth-order valence-corrected chi connectivity index (χ4v) is 3.01. The van der Waals surface area contributed by atoms with Crippen LogP contribution in [0.4, 0.5) is 0 Å². The number of aromatic nitrogens is 2. The topological polar surface area (TPSA) is 58.0 Å². The Kier molecular flexibility index (Phi) is 4.30. The van der Waals surface area contributed by atoms with Crippen LogP contribution in [0.5, 0.6) is 0 Å². The Morgan fingerprint density at radius 3 is 3.00 bits per heavy atom. The van der Waals surface area contributed by atoms with E-state index in [1.54, 1.807) is 0 Å². The minimum absolute atomic E-state index is 0.427. The minimum Gasteiger partial charge on any atom is -0.466 e. The van der Waals surface area contributed by atoms with Crippen molar-refractivity contribution in [3.8, 4) is 6.07 Å². The summed E-state index contributed by atoms with van der Waals surface area (Å²) in [5.41, 5.74) is 1.67. The van der Waals surface area contributed by atoms with Crippen LogP contribution in [0.25, 0.3) is 0 Å². The fraction of sp³-hybridized carbons (Fsp3) is 0.529. The first-order valence-corrected chi connectivity index (χ1v) is 7.91. The van der Waals surface area contributed by atoms with Gasteiger partial charge in [0.15, 0.2) is 5.69 Å². The third kappa shape index (κ3) is 3.23. The van der Waals surface area contributed by atoms with Crippen LogP contribution in [0.3, 0.4) is 0 Å². The Morgan fingerprint density at radius 1 is 1.41 bits per heavy atom. The Morgan fingerprint density at radius 2 is 2.27 bits per heavy atom.